The van der Waals surface area contributed by atoms with Gasteiger partial charge in [0.15, 0.2) is 5.78 Å². The van der Waals surface area contributed by atoms with E-state index in [1.165, 1.54) is 19.1 Å². The number of ether oxygens (including phenoxy) is 1. The molecule has 0 aromatic heterocycles. The molecule has 5 heteroatoms. The van der Waals surface area contributed by atoms with Gasteiger partial charge in [-0.25, -0.2) is 0 Å². The Hall–Kier alpha value is -1.36. The van der Waals surface area contributed by atoms with Crippen LogP contribution in [0.2, 0.25) is 0 Å². The second-order valence-corrected chi connectivity index (χ2v) is 4.77. The van der Waals surface area contributed by atoms with Crippen molar-refractivity contribution in [3.8, 4) is 11.5 Å². The standard InChI is InChI=1S/C12H13BrO4/c1-6(2)12(16)8-4-9(13)11(5-10(8)15)17-7(3)14/h4-6,15H,1-3H3. The van der Waals surface area contributed by atoms with Gasteiger partial charge in [-0.2, -0.15) is 0 Å². The summed E-state index contributed by atoms with van der Waals surface area (Å²) in [4.78, 5) is 22.6. The lowest BCUT2D eigenvalue weighted by molar-refractivity contribution is -0.131. The quantitative estimate of drug-likeness (QED) is 0.529. The summed E-state index contributed by atoms with van der Waals surface area (Å²) >= 11 is 3.19. The van der Waals surface area contributed by atoms with Crippen molar-refractivity contribution in [2.75, 3.05) is 0 Å². The minimum atomic E-state index is -0.493. The predicted molar refractivity (Wildman–Crippen MR) is 66.3 cm³/mol. The first kappa shape index (κ1) is 13.7. The largest absolute Gasteiger partial charge is 0.507 e. The van der Waals surface area contributed by atoms with E-state index >= 15 is 0 Å². The number of carbonyl (C=O) groups excluding carboxylic acids is 2. The van der Waals surface area contributed by atoms with E-state index < -0.39 is 5.97 Å². The monoisotopic (exact) mass is 300 g/mol. The lowest BCUT2D eigenvalue weighted by Gasteiger charge is -2.10. The van der Waals surface area contributed by atoms with E-state index in [1.807, 2.05) is 0 Å². The summed E-state index contributed by atoms with van der Waals surface area (Å²) in [6, 6.07) is 2.71. The van der Waals surface area contributed by atoms with Crippen LogP contribution in [0.15, 0.2) is 16.6 Å². The third-order valence-corrected chi connectivity index (χ3v) is 2.71. The Labute approximate surface area is 108 Å². The first-order valence-corrected chi connectivity index (χ1v) is 5.87. The van der Waals surface area contributed by atoms with E-state index in [0.29, 0.717) is 4.47 Å². The molecule has 0 saturated heterocycles. The van der Waals surface area contributed by atoms with Gasteiger partial charge in [-0.15, -0.1) is 0 Å². The minimum Gasteiger partial charge on any atom is -0.507 e. The van der Waals surface area contributed by atoms with Gasteiger partial charge in [0.1, 0.15) is 11.5 Å². The Balaban J connectivity index is 3.18. The summed E-state index contributed by atoms with van der Waals surface area (Å²) in [5.41, 5.74) is 0.211. The van der Waals surface area contributed by atoms with Gasteiger partial charge in [0.2, 0.25) is 0 Å². The fourth-order valence-corrected chi connectivity index (χ4v) is 1.71. The van der Waals surface area contributed by atoms with E-state index in [2.05, 4.69) is 15.9 Å². The van der Waals surface area contributed by atoms with Crippen LogP contribution in [-0.4, -0.2) is 16.9 Å². The van der Waals surface area contributed by atoms with E-state index in [1.54, 1.807) is 13.8 Å². The molecule has 1 N–H and O–H groups in total. The highest BCUT2D eigenvalue weighted by Crippen LogP contribution is 2.33. The Morgan fingerprint density at radius 2 is 1.94 bits per heavy atom. The molecule has 1 aromatic carbocycles. The molecule has 0 spiro atoms. The molecule has 0 aliphatic rings. The van der Waals surface area contributed by atoms with Crippen molar-refractivity contribution in [1.82, 2.24) is 0 Å². The van der Waals surface area contributed by atoms with Crippen LogP contribution in [0.5, 0.6) is 11.5 Å². The number of rotatable bonds is 3. The van der Waals surface area contributed by atoms with E-state index in [-0.39, 0.29) is 28.8 Å². The molecule has 4 nitrogen and oxygen atoms in total. The zero-order chi connectivity index (χ0) is 13.2. The van der Waals surface area contributed by atoms with Gasteiger partial charge in [-0.3, -0.25) is 9.59 Å². The Kier molecular flexibility index (Phi) is 4.28. The number of benzene rings is 1. The number of halogens is 1. The normalized spacial score (nSPS) is 10.4. The smallest absolute Gasteiger partial charge is 0.308 e. The molecule has 0 heterocycles. The van der Waals surface area contributed by atoms with Crippen LogP contribution in [0, 0.1) is 5.92 Å². The fourth-order valence-electron chi connectivity index (χ4n) is 1.28. The zero-order valence-corrected chi connectivity index (χ0v) is 11.4. The number of phenols is 1. The highest BCUT2D eigenvalue weighted by Gasteiger charge is 2.18. The van der Waals surface area contributed by atoms with Gasteiger partial charge in [-0.1, -0.05) is 13.8 Å². The lowest BCUT2D eigenvalue weighted by atomic mass is 10.0. The highest BCUT2D eigenvalue weighted by atomic mass is 79.9. The summed E-state index contributed by atoms with van der Waals surface area (Å²) < 4.78 is 5.32. The van der Waals surface area contributed by atoms with Crippen molar-refractivity contribution in [3.63, 3.8) is 0 Å². The molecule has 0 aliphatic heterocycles. The van der Waals surface area contributed by atoms with Gasteiger partial charge in [0.05, 0.1) is 10.0 Å². The van der Waals surface area contributed by atoms with Crippen molar-refractivity contribution in [2.45, 2.75) is 20.8 Å². The fraction of sp³-hybridized carbons (Fsp3) is 0.333. The summed E-state index contributed by atoms with van der Waals surface area (Å²) in [6.45, 7) is 4.75. The highest BCUT2D eigenvalue weighted by molar-refractivity contribution is 9.10. The molecule has 0 aliphatic carbocycles. The first-order chi connectivity index (χ1) is 7.82. The second kappa shape index (κ2) is 5.31. The molecule has 0 radical (unpaired) electrons. The molecule has 17 heavy (non-hydrogen) atoms. The first-order valence-electron chi connectivity index (χ1n) is 5.08. The number of hydrogen-bond acceptors (Lipinski definition) is 4. The van der Waals surface area contributed by atoms with Crippen molar-refractivity contribution >= 4 is 27.7 Å². The van der Waals surface area contributed by atoms with Crippen molar-refractivity contribution in [1.29, 1.82) is 0 Å². The molecule has 1 aromatic rings. The molecule has 0 amide bonds. The Morgan fingerprint density at radius 1 is 1.35 bits per heavy atom. The number of carbonyl (C=O) groups is 2. The number of aromatic hydroxyl groups is 1. The molecular weight excluding hydrogens is 288 g/mol. The molecule has 0 fully saturated rings. The van der Waals surface area contributed by atoms with Crippen molar-refractivity contribution in [2.24, 2.45) is 5.92 Å². The maximum absolute atomic E-state index is 11.8. The van der Waals surface area contributed by atoms with E-state index in [0.717, 1.165) is 0 Å². The van der Waals surface area contributed by atoms with Crippen LogP contribution in [0.3, 0.4) is 0 Å². The maximum atomic E-state index is 11.8. The van der Waals surface area contributed by atoms with Crippen LogP contribution < -0.4 is 4.74 Å². The van der Waals surface area contributed by atoms with Crippen LogP contribution in [0.1, 0.15) is 31.1 Å². The summed E-state index contributed by atoms with van der Waals surface area (Å²) in [6.07, 6.45) is 0. The Morgan fingerprint density at radius 3 is 2.41 bits per heavy atom. The topological polar surface area (TPSA) is 63.6 Å². The van der Waals surface area contributed by atoms with Crippen LogP contribution in [-0.2, 0) is 4.79 Å². The molecular formula is C12H13BrO4. The van der Waals surface area contributed by atoms with Gasteiger partial charge in [0.25, 0.3) is 0 Å². The predicted octanol–water partition coefficient (Wildman–Crippen LogP) is 2.92. The zero-order valence-electron chi connectivity index (χ0n) is 9.78. The number of esters is 1. The average Bonchev–Trinajstić information content (AvgIpc) is 2.21. The third kappa shape index (κ3) is 3.30. The second-order valence-electron chi connectivity index (χ2n) is 3.91. The third-order valence-electron chi connectivity index (χ3n) is 2.09. The van der Waals surface area contributed by atoms with Crippen LogP contribution >= 0.6 is 15.9 Å². The Bertz CT molecular complexity index is 466. The summed E-state index contributed by atoms with van der Waals surface area (Å²) in [7, 11) is 0. The minimum absolute atomic E-state index is 0.169. The van der Waals surface area contributed by atoms with Gasteiger partial charge in [-0.05, 0) is 22.0 Å². The number of phenolic OH excluding ortho intramolecular Hbond substituents is 1. The molecule has 1 rings (SSSR count). The SMILES string of the molecule is CC(=O)Oc1cc(O)c(C(=O)C(C)C)cc1Br. The van der Waals surface area contributed by atoms with Crippen LogP contribution in [0.4, 0.5) is 0 Å². The number of ketones is 1. The molecule has 0 atom stereocenters. The van der Waals surface area contributed by atoms with Gasteiger partial charge in [0, 0.05) is 18.9 Å². The molecule has 0 saturated carbocycles. The van der Waals surface area contributed by atoms with Gasteiger partial charge < -0.3 is 9.84 Å². The number of hydrogen-bond donors (Lipinski definition) is 1. The lowest BCUT2D eigenvalue weighted by Crippen LogP contribution is -2.08. The van der Waals surface area contributed by atoms with Crippen molar-refractivity contribution in [3.05, 3.63) is 22.2 Å². The average molecular weight is 301 g/mol. The molecule has 92 valence electrons. The van der Waals surface area contributed by atoms with Crippen LogP contribution in [0.25, 0.3) is 0 Å². The maximum Gasteiger partial charge on any atom is 0.308 e. The molecule has 0 bridgehead atoms. The number of Topliss-reactive ketones (excluding diaryl/α,β-unsaturated/α-hetero) is 1. The summed E-state index contributed by atoms with van der Waals surface area (Å²) in [5.74, 6) is -0.878. The molecule has 0 unspecified atom stereocenters. The van der Waals surface area contributed by atoms with E-state index in [4.69, 9.17) is 4.74 Å². The summed E-state index contributed by atoms with van der Waals surface area (Å²) in [5, 5.41) is 9.72. The van der Waals surface area contributed by atoms with Gasteiger partial charge >= 0.3 is 5.97 Å². The van der Waals surface area contributed by atoms with Crippen molar-refractivity contribution < 1.29 is 19.4 Å². The van der Waals surface area contributed by atoms with E-state index in [9.17, 15) is 14.7 Å².